The molecule has 0 saturated carbocycles. The first-order chi connectivity index (χ1) is 9.95. The molecule has 2 aromatic rings. The number of rotatable bonds is 5. The van der Waals surface area contributed by atoms with Crippen molar-refractivity contribution in [2.45, 2.75) is 33.0 Å². The van der Waals surface area contributed by atoms with Gasteiger partial charge in [-0.15, -0.1) is 0 Å². The quantitative estimate of drug-likeness (QED) is 0.826. The fourth-order valence-electron chi connectivity index (χ4n) is 2.22. The van der Waals surface area contributed by atoms with Gasteiger partial charge in [0.1, 0.15) is 5.82 Å². The molecule has 0 aliphatic rings. The molecule has 2 aromatic carbocycles. The molecule has 0 radical (unpaired) electrons. The Morgan fingerprint density at radius 1 is 1.10 bits per heavy atom. The zero-order valence-electron chi connectivity index (χ0n) is 12.3. The van der Waals surface area contributed by atoms with Crippen LogP contribution in [0.1, 0.15) is 25.0 Å². The molecule has 0 saturated heterocycles. The summed E-state index contributed by atoms with van der Waals surface area (Å²) >= 11 is 5.85. The van der Waals surface area contributed by atoms with Crippen molar-refractivity contribution < 1.29 is 4.39 Å². The Morgan fingerprint density at radius 2 is 1.76 bits per heavy atom. The third-order valence-corrected chi connectivity index (χ3v) is 3.73. The fourth-order valence-corrected chi connectivity index (χ4v) is 2.42. The van der Waals surface area contributed by atoms with E-state index in [1.54, 1.807) is 12.1 Å². The van der Waals surface area contributed by atoms with Gasteiger partial charge in [0.2, 0.25) is 0 Å². The van der Waals surface area contributed by atoms with Gasteiger partial charge in [-0.05, 0) is 49.2 Å². The van der Waals surface area contributed by atoms with E-state index in [-0.39, 0.29) is 10.8 Å². The molecular formula is C17H20ClFN2. The minimum atomic E-state index is -0.382. The highest BCUT2D eigenvalue weighted by Gasteiger charge is 2.12. The molecule has 0 bridgehead atoms. The van der Waals surface area contributed by atoms with Crippen LogP contribution in [0.3, 0.4) is 0 Å². The van der Waals surface area contributed by atoms with Gasteiger partial charge >= 0.3 is 0 Å². The first-order valence-corrected chi connectivity index (χ1v) is 7.36. The Kier molecular flexibility index (Phi) is 5.21. The normalized spacial score (nSPS) is 11.3. The molecular weight excluding hydrogens is 287 g/mol. The average molecular weight is 307 g/mol. The maximum Gasteiger partial charge on any atom is 0.141 e. The Balaban J connectivity index is 2.13. The summed E-state index contributed by atoms with van der Waals surface area (Å²) in [7, 11) is 0. The van der Waals surface area contributed by atoms with Crippen molar-refractivity contribution in [2.75, 3.05) is 5.73 Å². The van der Waals surface area contributed by atoms with Crippen molar-refractivity contribution in [1.82, 2.24) is 4.90 Å². The standard InChI is InChI=1S/C17H20ClFN2/c1-12(2)21(10-13-4-3-5-15(20)8-13)11-14-6-7-17(19)16(18)9-14/h3-9,12H,10-11,20H2,1-2H3. The maximum absolute atomic E-state index is 13.2. The number of hydrogen-bond donors (Lipinski definition) is 1. The van der Waals surface area contributed by atoms with E-state index in [1.165, 1.54) is 6.07 Å². The number of anilines is 1. The largest absolute Gasteiger partial charge is 0.399 e. The number of hydrogen-bond acceptors (Lipinski definition) is 2. The van der Waals surface area contributed by atoms with E-state index in [4.69, 9.17) is 17.3 Å². The minimum Gasteiger partial charge on any atom is -0.399 e. The third-order valence-electron chi connectivity index (χ3n) is 3.44. The lowest BCUT2D eigenvalue weighted by Crippen LogP contribution is -2.29. The molecule has 0 aliphatic heterocycles. The van der Waals surface area contributed by atoms with Crippen LogP contribution in [-0.4, -0.2) is 10.9 Å². The second-order valence-electron chi connectivity index (χ2n) is 5.49. The number of nitrogens with two attached hydrogens (primary N) is 1. The van der Waals surface area contributed by atoms with Gasteiger partial charge in [-0.1, -0.05) is 29.8 Å². The van der Waals surface area contributed by atoms with E-state index in [0.29, 0.717) is 12.6 Å². The van der Waals surface area contributed by atoms with E-state index < -0.39 is 0 Å². The molecule has 0 amide bonds. The molecule has 0 atom stereocenters. The molecule has 4 heteroatoms. The Labute approximate surface area is 130 Å². The zero-order chi connectivity index (χ0) is 15.4. The van der Waals surface area contributed by atoms with Crippen LogP contribution in [0.25, 0.3) is 0 Å². The molecule has 0 unspecified atom stereocenters. The monoisotopic (exact) mass is 306 g/mol. The SMILES string of the molecule is CC(C)N(Cc1cccc(N)c1)Cc1ccc(F)c(Cl)c1. The highest BCUT2D eigenvalue weighted by molar-refractivity contribution is 6.30. The summed E-state index contributed by atoms with van der Waals surface area (Å²) in [5.41, 5.74) is 8.75. The van der Waals surface area contributed by atoms with Crippen LogP contribution in [0.5, 0.6) is 0 Å². The zero-order valence-corrected chi connectivity index (χ0v) is 13.1. The summed E-state index contributed by atoms with van der Waals surface area (Å²) < 4.78 is 13.2. The molecule has 0 heterocycles. The molecule has 0 spiro atoms. The van der Waals surface area contributed by atoms with Gasteiger partial charge in [-0.25, -0.2) is 4.39 Å². The smallest absolute Gasteiger partial charge is 0.141 e. The summed E-state index contributed by atoms with van der Waals surface area (Å²) in [6.45, 7) is 5.78. The van der Waals surface area contributed by atoms with Crippen LogP contribution in [0.2, 0.25) is 5.02 Å². The number of nitrogens with zero attached hydrogens (tertiary/aromatic N) is 1. The van der Waals surface area contributed by atoms with Crippen molar-refractivity contribution in [3.63, 3.8) is 0 Å². The molecule has 112 valence electrons. The second kappa shape index (κ2) is 6.92. The lowest BCUT2D eigenvalue weighted by atomic mass is 10.1. The first kappa shape index (κ1) is 15.8. The summed E-state index contributed by atoms with van der Waals surface area (Å²) in [6.07, 6.45) is 0. The highest BCUT2D eigenvalue weighted by atomic mass is 35.5. The molecule has 0 aromatic heterocycles. The Bertz CT molecular complexity index is 613. The van der Waals surface area contributed by atoms with Crippen molar-refractivity contribution in [3.8, 4) is 0 Å². The molecule has 21 heavy (non-hydrogen) atoms. The summed E-state index contributed by atoms with van der Waals surface area (Å²) in [5.74, 6) is -0.382. The second-order valence-corrected chi connectivity index (χ2v) is 5.90. The van der Waals surface area contributed by atoms with Crippen molar-refractivity contribution in [1.29, 1.82) is 0 Å². The van der Waals surface area contributed by atoms with Gasteiger partial charge in [-0.2, -0.15) is 0 Å². The van der Waals surface area contributed by atoms with Gasteiger partial charge in [0, 0.05) is 24.8 Å². The maximum atomic E-state index is 13.2. The van der Waals surface area contributed by atoms with E-state index in [2.05, 4.69) is 24.8 Å². The topological polar surface area (TPSA) is 29.3 Å². The van der Waals surface area contributed by atoms with Crippen molar-refractivity contribution in [3.05, 3.63) is 64.4 Å². The van der Waals surface area contributed by atoms with Crippen LogP contribution in [0, 0.1) is 5.82 Å². The van der Waals surface area contributed by atoms with E-state index in [9.17, 15) is 4.39 Å². The lowest BCUT2D eigenvalue weighted by molar-refractivity contribution is 0.203. The van der Waals surface area contributed by atoms with Crippen LogP contribution in [-0.2, 0) is 13.1 Å². The predicted octanol–water partition coefficient (Wildman–Crippen LogP) is 4.47. The van der Waals surface area contributed by atoms with Crippen LogP contribution >= 0.6 is 11.6 Å². The molecule has 2 nitrogen and oxygen atoms in total. The highest BCUT2D eigenvalue weighted by Crippen LogP contribution is 2.19. The molecule has 2 N–H and O–H groups in total. The number of halogens is 2. The molecule has 0 fully saturated rings. The van der Waals surface area contributed by atoms with Gasteiger partial charge < -0.3 is 5.73 Å². The average Bonchev–Trinajstić information content (AvgIpc) is 2.42. The van der Waals surface area contributed by atoms with Crippen LogP contribution in [0.4, 0.5) is 10.1 Å². The molecule has 0 aliphatic carbocycles. The van der Waals surface area contributed by atoms with E-state index in [0.717, 1.165) is 23.4 Å². The van der Waals surface area contributed by atoms with Gasteiger partial charge in [-0.3, -0.25) is 4.90 Å². The summed E-state index contributed by atoms with van der Waals surface area (Å²) in [4.78, 5) is 2.29. The fraction of sp³-hybridized carbons (Fsp3) is 0.294. The summed E-state index contributed by atoms with van der Waals surface area (Å²) in [5, 5.41) is 0.167. The first-order valence-electron chi connectivity index (χ1n) is 6.98. The number of nitrogen functional groups attached to an aromatic ring is 1. The van der Waals surface area contributed by atoms with Crippen molar-refractivity contribution in [2.24, 2.45) is 0 Å². The van der Waals surface area contributed by atoms with Crippen molar-refractivity contribution >= 4 is 17.3 Å². The Morgan fingerprint density at radius 3 is 2.33 bits per heavy atom. The van der Waals surface area contributed by atoms with Gasteiger partial charge in [0.25, 0.3) is 0 Å². The van der Waals surface area contributed by atoms with E-state index in [1.807, 2.05) is 18.2 Å². The molecule has 2 rings (SSSR count). The third kappa shape index (κ3) is 4.45. The van der Waals surface area contributed by atoms with E-state index >= 15 is 0 Å². The lowest BCUT2D eigenvalue weighted by Gasteiger charge is -2.27. The predicted molar refractivity (Wildman–Crippen MR) is 86.6 cm³/mol. The van der Waals surface area contributed by atoms with Gasteiger partial charge in [0.15, 0.2) is 0 Å². The Hall–Kier alpha value is -1.58. The van der Waals surface area contributed by atoms with Crippen LogP contribution in [0.15, 0.2) is 42.5 Å². The van der Waals surface area contributed by atoms with Gasteiger partial charge in [0.05, 0.1) is 5.02 Å². The minimum absolute atomic E-state index is 0.167. The number of benzene rings is 2. The van der Waals surface area contributed by atoms with Crippen LogP contribution < -0.4 is 5.73 Å². The summed E-state index contributed by atoms with van der Waals surface area (Å²) in [6, 6.07) is 13.1.